The van der Waals surface area contributed by atoms with Crippen molar-refractivity contribution in [1.29, 1.82) is 0 Å². The lowest BCUT2D eigenvalue weighted by Gasteiger charge is -2.24. The van der Waals surface area contributed by atoms with Gasteiger partial charge in [0.15, 0.2) is 5.82 Å². The Bertz CT molecular complexity index is 720. The summed E-state index contributed by atoms with van der Waals surface area (Å²) in [4.78, 5) is 14.9. The Balaban J connectivity index is 1.90. The van der Waals surface area contributed by atoms with Crippen LogP contribution in [0.3, 0.4) is 0 Å². The van der Waals surface area contributed by atoms with Crippen molar-refractivity contribution in [3.8, 4) is 0 Å². The summed E-state index contributed by atoms with van der Waals surface area (Å²) in [5.74, 6) is 1.09. The number of hydrogen-bond donors (Lipinski definition) is 0. The van der Waals surface area contributed by atoms with Gasteiger partial charge in [0.2, 0.25) is 5.28 Å². The number of pyridine rings is 1. The molecule has 2 aromatic heterocycles. The van der Waals surface area contributed by atoms with Crippen LogP contribution in [0.1, 0.15) is 31.4 Å². The van der Waals surface area contributed by atoms with Gasteiger partial charge in [-0.25, -0.2) is 9.37 Å². The zero-order valence-electron chi connectivity index (χ0n) is 11.8. The van der Waals surface area contributed by atoms with Gasteiger partial charge in [0, 0.05) is 18.8 Å². The third-order valence-corrected chi connectivity index (χ3v) is 4.76. The highest BCUT2D eigenvalue weighted by Gasteiger charge is 2.43. The second kappa shape index (κ2) is 4.77. The number of nitrogens with zero attached hydrogens (tertiary/aromatic N) is 4. The zero-order chi connectivity index (χ0) is 14.6. The molecule has 0 bridgehead atoms. The molecule has 2 atom stereocenters. The van der Waals surface area contributed by atoms with E-state index in [0.29, 0.717) is 17.1 Å². The molecule has 0 N–H and O–H groups in total. The summed E-state index contributed by atoms with van der Waals surface area (Å²) in [5, 5.41) is 0.762. The molecule has 4 nitrogen and oxygen atoms in total. The largest absolute Gasteiger partial charge is 0.353 e. The second-order valence-electron chi connectivity index (χ2n) is 5.99. The monoisotopic (exact) mass is 306 g/mol. The number of aryl methyl sites for hydroxylation is 1. The van der Waals surface area contributed by atoms with Crippen molar-refractivity contribution in [3.05, 3.63) is 23.0 Å². The van der Waals surface area contributed by atoms with Crippen molar-refractivity contribution >= 4 is 28.3 Å². The van der Waals surface area contributed by atoms with Crippen LogP contribution in [-0.4, -0.2) is 27.5 Å². The van der Waals surface area contributed by atoms with E-state index in [1.165, 1.54) is 19.3 Å². The first-order chi connectivity index (χ1) is 10.1. The van der Waals surface area contributed by atoms with E-state index >= 15 is 0 Å². The SMILES string of the molecule is Cc1ncc2c(N3CCCC[C@H]4C[C@H]43)nc(Cl)nc2c1F. The molecule has 1 saturated heterocycles. The van der Waals surface area contributed by atoms with Crippen LogP contribution in [0, 0.1) is 18.7 Å². The van der Waals surface area contributed by atoms with Crippen LogP contribution in [0.2, 0.25) is 5.28 Å². The van der Waals surface area contributed by atoms with E-state index in [0.717, 1.165) is 24.7 Å². The number of aromatic nitrogens is 3. The maximum Gasteiger partial charge on any atom is 0.225 e. The molecule has 0 unspecified atom stereocenters. The van der Waals surface area contributed by atoms with E-state index in [4.69, 9.17) is 11.6 Å². The van der Waals surface area contributed by atoms with Gasteiger partial charge in [-0.3, -0.25) is 4.98 Å². The van der Waals surface area contributed by atoms with Crippen LogP contribution >= 0.6 is 11.6 Å². The number of fused-ring (bicyclic) bond motifs is 2. The average molecular weight is 307 g/mol. The molecule has 0 radical (unpaired) electrons. The Labute approximate surface area is 127 Å². The quantitative estimate of drug-likeness (QED) is 0.756. The van der Waals surface area contributed by atoms with Gasteiger partial charge in [0.05, 0.1) is 11.1 Å². The van der Waals surface area contributed by atoms with Crippen molar-refractivity contribution in [3.63, 3.8) is 0 Å². The van der Waals surface area contributed by atoms with E-state index in [9.17, 15) is 4.39 Å². The van der Waals surface area contributed by atoms with Crippen LogP contribution in [-0.2, 0) is 0 Å². The lowest BCUT2D eigenvalue weighted by molar-refractivity contribution is 0.619. The summed E-state index contributed by atoms with van der Waals surface area (Å²) in [6.45, 7) is 2.58. The van der Waals surface area contributed by atoms with Gasteiger partial charge < -0.3 is 4.90 Å². The lowest BCUT2D eigenvalue weighted by Crippen LogP contribution is -2.28. The molecule has 0 spiro atoms. The van der Waals surface area contributed by atoms with Crippen LogP contribution < -0.4 is 4.90 Å². The molecule has 21 heavy (non-hydrogen) atoms. The highest BCUT2D eigenvalue weighted by atomic mass is 35.5. The number of halogens is 2. The molecule has 2 aromatic rings. The molecule has 2 fully saturated rings. The van der Waals surface area contributed by atoms with Crippen molar-refractivity contribution in [2.75, 3.05) is 11.4 Å². The van der Waals surface area contributed by atoms with Crippen molar-refractivity contribution in [2.24, 2.45) is 5.92 Å². The summed E-state index contributed by atoms with van der Waals surface area (Å²) in [6.07, 6.45) is 6.54. The normalized spacial score (nSPS) is 24.8. The number of anilines is 1. The molecule has 4 rings (SSSR count). The number of hydrogen-bond acceptors (Lipinski definition) is 4. The maximum absolute atomic E-state index is 14.3. The van der Waals surface area contributed by atoms with Crippen LogP contribution in [0.25, 0.3) is 10.9 Å². The predicted molar refractivity (Wildman–Crippen MR) is 80.1 cm³/mol. The molecule has 6 heteroatoms. The Morgan fingerprint density at radius 1 is 1.33 bits per heavy atom. The summed E-state index contributed by atoms with van der Waals surface area (Å²) in [6, 6.07) is 0.519. The Morgan fingerprint density at radius 2 is 2.19 bits per heavy atom. The molecular weight excluding hydrogens is 291 g/mol. The highest BCUT2D eigenvalue weighted by molar-refractivity contribution is 6.28. The third-order valence-electron chi connectivity index (χ3n) is 4.59. The minimum atomic E-state index is -0.403. The molecule has 0 amide bonds. The van der Waals surface area contributed by atoms with Gasteiger partial charge in [0.25, 0.3) is 0 Å². The minimum absolute atomic E-state index is 0.100. The standard InChI is InChI=1S/C15H16ClFN4/c1-8-12(17)13-10(7-18-8)14(20-15(16)19-13)21-5-3-2-4-9-6-11(9)21/h7,9,11H,2-6H2,1H3/t9-,11+/m0/s1. The van der Waals surface area contributed by atoms with Gasteiger partial charge in [-0.2, -0.15) is 4.98 Å². The van der Waals surface area contributed by atoms with Gasteiger partial charge in [-0.1, -0.05) is 6.42 Å². The molecular formula is C15H16ClFN4. The molecule has 1 saturated carbocycles. The molecule has 3 heterocycles. The van der Waals surface area contributed by atoms with Gasteiger partial charge in [-0.15, -0.1) is 0 Å². The van der Waals surface area contributed by atoms with Crippen LogP contribution in [0.4, 0.5) is 10.2 Å². The third kappa shape index (κ3) is 2.14. The topological polar surface area (TPSA) is 41.9 Å². The predicted octanol–water partition coefficient (Wildman–Crippen LogP) is 3.50. The van der Waals surface area contributed by atoms with Crippen molar-refractivity contribution in [2.45, 2.75) is 38.6 Å². The van der Waals surface area contributed by atoms with Gasteiger partial charge >= 0.3 is 0 Å². The van der Waals surface area contributed by atoms with E-state index in [2.05, 4.69) is 19.9 Å². The summed E-state index contributed by atoms with van der Waals surface area (Å²) >= 11 is 6.03. The first-order valence-corrected chi connectivity index (χ1v) is 7.78. The molecule has 1 aliphatic heterocycles. The van der Waals surface area contributed by atoms with E-state index in [-0.39, 0.29) is 10.8 Å². The number of rotatable bonds is 1. The fourth-order valence-corrected chi connectivity index (χ4v) is 3.53. The molecule has 1 aliphatic carbocycles. The van der Waals surface area contributed by atoms with Gasteiger partial charge in [-0.05, 0) is 43.7 Å². The molecule has 0 aromatic carbocycles. The zero-order valence-corrected chi connectivity index (χ0v) is 12.6. The summed E-state index contributed by atoms with van der Waals surface area (Å²) < 4.78 is 14.3. The fraction of sp³-hybridized carbons (Fsp3) is 0.533. The summed E-state index contributed by atoms with van der Waals surface area (Å²) in [7, 11) is 0. The first kappa shape index (κ1) is 13.2. The lowest BCUT2D eigenvalue weighted by atomic mass is 10.2. The first-order valence-electron chi connectivity index (χ1n) is 7.40. The second-order valence-corrected chi connectivity index (χ2v) is 6.33. The van der Waals surface area contributed by atoms with Crippen LogP contribution in [0.5, 0.6) is 0 Å². The average Bonchev–Trinajstić information content (AvgIpc) is 3.22. The maximum atomic E-state index is 14.3. The van der Waals surface area contributed by atoms with Crippen LogP contribution in [0.15, 0.2) is 6.20 Å². The highest BCUT2D eigenvalue weighted by Crippen LogP contribution is 2.45. The van der Waals surface area contributed by atoms with Crippen molar-refractivity contribution < 1.29 is 4.39 Å². The van der Waals surface area contributed by atoms with E-state index in [1.807, 2.05) is 0 Å². The van der Waals surface area contributed by atoms with E-state index in [1.54, 1.807) is 13.1 Å². The van der Waals surface area contributed by atoms with Gasteiger partial charge in [0.1, 0.15) is 11.3 Å². The fourth-order valence-electron chi connectivity index (χ4n) is 3.37. The molecule has 2 aliphatic rings. The molecule has 110 valence electrons. The summed E-state index contributed by atoms with van der Waals surface area (Å²) in [5.41, 5.74) is 0.613. The smallest absolute Gasteiger partial charge is 0.225 e. The Kier molecular flexibility index (Phi) is 2.99. The Morgan fingerprint density at radius 3 is 3.05 bits per heavy atom. The minimum Gasteiger partial charge on any atom is -0.353 e. The van der Waals surface area contributed by atoms with E-state index < -0.39 is 5.82 Å². The Hall–Kier alpha value is -1.49. The van der Waals surface area contributed by atoms with Crippen molar-refractivity contribution in [1.82, 2.24) is 15.0 Å².